The first kappa shape index (κ1) is 17.6. The average Bonchev–Trinajstić information content (AvgIpc) is 2.61. The molecule has 0 saturated carbocycles. The van der Waals surface area contributed by atoms with Crippen molar-refractivity contribution in [3.05, 3.63) is 65.2 Å². The third-order valence-corrected chi connectivity index (χ3v) is 5.58. The van der Waals surface area contributed by atoms with E-state index in [1.807, 2.05) is 18.2 Å². The molecule has 25 heavy (non-hydrogen) atoms. The predicted octanol–water partition coefficient (Wildman–Crippen LogP) is 2.11. The molecule has 0 bridgehead atoms. The molecule has 1 atom stereocenters. The molecule has 0 aromatic heterocycles. The summed E-state index contributed by atoms with van der Waals surface area (Å²) in [6, 6.07) is 14.6. The van der Waals surface area contributed by atoms with Crippen LogP contribution >= 0.6 is 0 Å². The van der Waals surface area contributed by atoms with E-state index >= 15 is 0 Å². The van der Waals surface area contributed by atoms with Gasteiger partial charge in [0.15, 0.2) is 0 Å². The molecule has 6 heteroatoms. The number of fused-ring (bicyclic) bond motifs is 1. The number of nitrogens with one attached hydrogen (secondary N) is 1. The maximum atomic E-state index is 12.5. The Labute approximate surface area is 148 Å². The second kappa shape index (κ2) is 7.37. The molecule has 0 heterocycles. The Bertz CT molecular complexity index is 860. The number of rotatable bonds is 5. The van der Waals surface area contributed by atoms with Crippen molar-refractivity contribution < 1.29 is 13.2 Å². The Morgan fingerprint density at radius 3 is 2.56 bits per heavy atom. The SMILES string of the molecule is NS(=O)(=O)c1ccc(CCNC(=O)C2CCCc3ccccc32)cc1. The molecule has 0 aliphatic heterocycles. The number of amides is 1. The molecule has 0 fully saturated rings. The molecule has 1 unspecified atom stereocenters. The van der Waals surface area contributed by atoms with Crippen molar-refractivity contribution in [3.8, 4) is 0 Å². The molecule has 132 valence electrons. The van der Waals surface area contributed by atoms with Crippen LogP contribution in [-0.2, 0) is 27.7 Å². The largest absolute Gasteiger partial charge is 0.355 e. The summed E-state index contributed by atoms with van der Waals surface area (Å²) < 4.78 is 22.5. The third-order valence-electron chi connectivity index (χ3n) is 4.65. The van der Waals surface area contributed by atoms with Crippen LogP contribution in [0, 0.1) is 0 Å². The van der Waals surface area contributed by atoms with Gasteiger partial charge in [-0.25, -0.2) is 13.6 Å². The van der Waals surface area contributed by atoms with E-state index < -0.39 is 10.0 Å². The van der Waals surface area contributed by atoms with Crippen LogP contribution in [0.3, 0.4) is 0 Å². The molecule has 3 N–H and O–H groups in total. The number of hydrogen-bond donors (Lipinski definition) is 2. The summed E-state index contributed by atoms with van der Waals surface area (Å²) in [6.07, 6.45) is 3.59. The van der Waals surface area contributed by atoms with Gasteiger partial charge in [0.05, 0.1) is 10.8 Å². The number of hydrogen-bond acceptors (Lipinski definition) is 3. The molecule has 5 nitrogen and oxygen atoms in total. The fourth-order valence-electron chi connectivity index (χ4n) is 3.33. The first-order valence-corrected chi connectivity index (χ1v) is 9.97. The van der Waals surface area contributed by atoms with Crippen molar-refractivity contribution in [1.29, 1.82) is 0 Å². The van der Waals surface area contributed by atoms with Gasteiger partial charge in [0.1, 0.15) is 0 Å². The molecular weight excluding hydrogens is 336 g/mol. The highest BCUT2D eigenvalue weighted by molar-refractivity contribution is 7.89. The fourth-order valence-corrected chi connectivity index (χ4v) is 3.84. The van der Waals surface area contributed by atoms with Gasteiger partial charge in [-0.3, -0.25) is 4.79 Å². The maximum absolute atomic E-state index is 12.5. The van der Waals surface area contributed by atoms with Gasteiger partial charge in [-0.2, -0.15) is 0 Å². The highest BCUT2D eigenvalue weighted by Gasteiger charge is 2.25. The lowest BCUT2D eigenvalue weighted by atomic mass is 9.82. The maximum Gasteiger partial charge on any atom is 0.238 e. The van der Waals surface area contributed by atoms with Crippen LogP contribution in [0.15, 0.2) is 53.4 Å². The summed E-state index contributed by atoms with van der Waals surface area (Å²) >= 11 is 0. The van der Waals surface area contributed by atoms with Crippen LogP contribution in [0.25, 0.3) is 0 Å². The van der Waals surface area contributed by atoms with Crippen LogP contribution in [0.2, 0.25) is 0 Å². The minimum Gasteiger partial charge on any atom is -0.355 e. The molecule has 2 aromatic carbocycles. The zero-order valence-corrected chi connectivity index (χ0v) is 14.8. The van der Waals surface area contributed by atoms with Crippen molar-refractivity contribution >= 4 is 15.9 Å². The minimum atomic E-state index is -3.67. The van der Waals surface area contributed by atoms with E-state index in [9.17, 15) is 13.2 Å². The number of aryl methyl sites for hydroxylation is 1. The van der Waals surface area contributed by atoms with Gasteiger partial charge in [-0.15, -0.1) is 0 Å². The van der Waals surface area contributed by atoms with Gasteiger partial charge in [0, 0.05) is 6.54 Å². The molecule has 0 saturated heterocycles. The van der Waals surface area contributed by atoms with Crippen LogP contribution in [0.1, 0.15) is 35.4 Å². The van der Waals surface area contributed by atoms with Gasteiger partial charge in [-0.1, -0.05) is 36.4 Å². The van der Waals surface area contributed by atoms with Crippen LogP contribution < -0.4 is 10.5 Å². The molecule has 1 amide bonds. The highest BCUT2D eigenvalue weighted by Crippen LogP contribution is 2.31. The number of benzene rings is 2. The van der Waals surface area contributed by atoms with Crippen LogP contribution in [0.5, 0.6) is 0 Å². The van der Waals surface area contributed by atoms with Gasteiger partial charge in [-0.05, 0) is 54.5 Å². The van der Waals surface area contributed by atoms with E-state index in [-0.39, 0.29) is 16.7 Å². The third kappa shape index (κ3) is 4.27. The lowest BCUT2D eigenvalue weighted by Crippen LogP contribution is -2.32. The van der Waals surface area contributed by atoms with E-state index in [2.05, 4.69) is 11.4 Å². The smallest absolute Gasteiger partial charge is 0.238 e. The van der Waals surface area contributed by atoms with Gasteiger partial charge in [0.2, 0.25) is 15.9 Å². The van der Waals surface area contributed by atoms with Crippen molar-refractivity contribution in [2.45, 2.75) is 36.5 Å². The Hall–Kier alpha value is -2.18. The lowest BCUT2D eigenvalue weighted by molar-refractivity contribution is -0.122. The standard InChI is InChI=1S/C19H22N2O3S/c20-25(23,24)16-10-8-14(9-11-16)12-13-21-19(22)18-7-3-5-15-4-1-2-6-17(15)18/h1-2,4,6,8-11,18H,3,5,7,12-13H2,(H,21,22)(H2,20,23,24). The molecular formula is C19H22N2O3S. The first-order chi connectivity index (χ1) is 11.9. The molecule has 0 spiro atoms. The average molecular weight is 358 g/mol. The molecule has 2 aromatic rings. The highest BCUT2D eigenvalue weighted by atomic mass is 32.2. The summed E-state index contributed by atoms with van der Waals surface area (Å²) in [4.78, 5) is 12.6. The normalized spacial score (nSPS) is 16.9. The van der Waals surface area contributed by atoms with Gasteiger partial charge < -0.3 is 5.32 Å². The molecule has 1 aliphatic carbocycles. The zero-order valence-electron chi connectivity index (χ0n) is 13.9. The van der Waals surface area contributed by atoms with Crippen molar-refractivity contribution in [1.82, 2.24) is 5.32 Å². The van der Waals surface area contributed by atoms with E-state index in [4.69, 9.17) is 5.14 Å². The number of carbonyl (C=O) groups is 1. The zero-order chi connectivity index (χ0) is 17.9. The van der Waals surface area contributed by atoms with E-state index in [1.165, 1.54) is 17.7 Å². The number of primary sulfonamides is 1. The Kier molecular flexibility index (Phi) is 5.20. The predicted molar refractivity (Wildman–Crippen MR) is 96.6 cm³/mol. The molecule has 0 radical (unpaired) electrons. The Balaban J connectivity index is 1.57. The van der Waals surface area contributed by atoms with Crippen molar-refractivity contribution in [2.75, 3.05) is 6.54 Å². The van der Waals surface area contributed by atoms with Crippen molar-refractivity contribution in [3.63, 3.8) is 0 Å². The number of nitrogens with two attached hydrogens (primary N) is 1. The molecule has 1 aliphatic rings. The van der Waals surface area contributed by atoms with E-state index in [1.54, 1.807) is 12.1 Å². The Morgan fingerprint density at radius 1 is 1.12 bits per heavy atom. The number of sulfonamides is 1. The monoisotopic (exact) mass is 358 g/mol. The second-order valence-corrected chi connectivity index (χ2v) is 7.94. The summed E-state index contributed by atoms with van der Waals surface area (Å²) in [5.41, 5.74) is 3.37. The number of carbonyl (C=O) groups excluding carboxylic acids is 1. The van der Waals surface area contributed by atoms with Gasteiger partial charge >= 0.3 is 0 Å². The first-order valence-electron chi connectivity index (χ1n) is 8.42. The lowest BCUT2D eigenvalue weighted by Gasteiger charge is -2.24. The topological polar surface area (TPSA) is 89.3 Å². The van der Waals surface area contributed by atoms with Crippen LogP contribution in [0.4, 0.5) is 0 Å². The summed E-state index contributed by atoms with van der Waals surface area (Å²) in [6.45, 7) is 0.520. The van der Waals surface area contributed by atoms with Crippen LogP contribution in [-0.4, -0.2) is 20.9 Å². The van der Waals surface area contributed by atoms with E-state index in [0.29, 0.717) is 13.0 Å². The van der Waals surface area contributed by atoms with E-state index in [0.717, 1.165) is 30.4 Å². The summed E-state index contributed by atoms with van der Waals surface area (Å²) in [7, 11) is -3.67. The quantitative estimate of drug-likeness (QED) is 0.858. The van der Waals surface area contributed by atoms with Gasteiger partial charge in [0.25, 0.3) is 0 Å². The summed E-state index contributed by atoms with van der Waals surface area (Å²) in [5, 5.41) is 8.09. The summed E-state index contributed by atoms with van der Waals surface area (Å²) in [5.74, 6) is -0.0111. The van der Waals surface area contributed by atoms with Crippen molar-refractivity contribution in [2.24, 2.45) is 5.14 Å². The minimum absolute atomic E-state index is 0.0632. The molecule has 3 rings (SSSR count). The second-order valence-electron chi connectivity index (χ2n) is 6.37. The fraction of sp³-hybridized carbons (Fsp3) is 0.316. The Morgan fingerprint density at radius 2 is 1.84 bits per heavy atom.